The quantitative estimate of drug-likeness (QED) is 0.833. The van der Waals surface area contributed by atoms with E-state index in [9.17, 15) is 14.7 Å². The van der Waals surface area contributed by atoms with Gasteiger partial charge in [-0.05, 0) is 66.2 Å². The number of hydrogen-bond donors (Lipinski definition) is 1. The lowest BCUT2D eigenvalue weighted by Crippen LogP contribution is -2.37. The summed E-state index contributed by atoms with van der Waals surface area (Å²) in [4.78, 5) is 23.5. The topological polar surface area (TPSA) is 78.5 Å². The van der Waals surface area contributed by atoms with Crippen LogP contribution in [-0.4, -0.2) is 19.0 Å². The number of ether oxygens (including phenoxy) is 1. The van der Waals surface area contributed by atoms with Gasteiger partial charge < -0.3 is 20.0 Å². The molecular formula is C23H22NO4-. The Morgan fingerprint density at radius 2 is 1.82 bits per heavy atom. The van der Waals surface area contributed by atoms with E-state index in [1.807, 2.05) is 18.2 Å². The zero-order valence-corrected chi connectivity index (χ0v) is 15.7. The van der Waals surface area contributed by atoms with Crippen molar-refractivity contribution in [3.63, 3.8) is 0 Å². The van der Waals surface area contributed by atoms with E-state index in [2.05, 4.69) is 11.4 Å². The fraction of sp³-hybridized carbons (Fsp3) is 0.391. The van der Waals surface area contributed by atoms with Crippen molar-refractivity contribution in [3.05, 3.63) is 64.7 Å². The van der Waals surface area contributed by atoms with Gasteiger partial charge in [-0.3, -0.25) is 0 Å². The largest absolute Gasteiger partial charge is 0.545 e. The molecule has 0 saturated heterocycles. The fourth-order valence-electron chi connectivity index (χ4n) is 5.96. The number of esters is 1. The molecule has 0 aromatic heterocycles. The Morgan fingerprint density at radius 1 is 1.07 bits per heavy atom. The Kier molecular flexibility index (Phi) is 3.93. The van der Waals surface area contributed by atoms with Crippen LogP contribution in [-0.2, 0) is 4.74 Å². The number of hydrogen-bond acceptors (Lipinski definition) is 5. The lowest BCUT2D eigenvalue weighted by atomic mass is 9.67. The third-order valence-corrected chi connectivity index (χ3v) is 7.03. The third kappa shape index (κ3) is 2.45. The number of anilines is 1. The molecule has 5 atom stereocenters. The number of aromatic carboxylic acids is 1. The predicted molar refractivity (Wildman–Crippen MR) is 102 cm³/mol. The maximum absolute atomic E-state index is 11.8. The van der Waals surface area contributed by atoms with Gasteiger partial charge in [0.2, 0.25) is 0 Å². The number of methoxy groups -OCH3 is 1. The van der Waals surface area contributed by atoms with Crippen LogP contribution in [0.3, 0.4) is 0 Å². The van der Waals surface area contributed by atoms with Gasteiger partial charge in [-0.15, -0.1) is 0 Å². The summed E-state index contributed by atoms with van der Waals surface area (Å²) in [6, 6.07) is 13.0. The summed E-state index contributed by atoms with van der Waals surface area (Å²) in [5, 5.41) is 15.3. The summed E-state index contributed by atoms with van der Waals surface area (Å²) < 4.78 is 4.79. The summed E-state index contributed by atoms with van der Waals surface area (Å²) in [7, 11) is 1.37. The van der Waals surface area contributed by atoms with E-state index in [1.165, 1.54) is 26.4 Å². The molecule has 5 heteroatoms. The monoisotopic (exact) mass is 376 g/mol. The lowest BCUT2D eigenvalue weighted by molar-refractivity contribution is -0.254. The number of carboxylic acids is 1. The smallest absolute Gasteiger partial charge is 0.337 e. The van der Waals surface area contributed by atoms with Crippen LogP contribution in [0, 0.1) is 17.8 Å². The Bertz CT molecular complexity index is 952. The summed E-state index contributed by atoms with van der Waals surface area (Å²) >= 11 is 0. The first-order valence-corrected chi connectivity index (χ1v) is 9.87. The Hall–Kier alpha value is -2.82. The van der Waals surface area contributed by atoms with Crippen molar-refractivity contribution < 1.29 is 19.4 Å². The summed E-state index contributed by atoms with van der Waals surface area (Å²) in [6.07, 6.45) is 3.66. The SMILES string of the molecule is COC(=O)c1ccc([C@@H]2Nc3c(C(=O)[O-])cccc3[C@H]3[C@H]4CC[C@@H](C4)[C@@H]32)cc1. The van der Waals surface area contributed by atoms with Crippen molar-refractivity contribution in [2.45, 2.75) is 31.2 Å². The van der Waals surface area contributed by atoms with E-state index in [1.54, 1.807) is 18.2 Å². The zero-order chi connectivity index (χ0) is 19.4. The standard InChI is InChI=1S/C23H23NO4/c1-28-23(27)13-7-5-12(6-8-13)20-19-15-10-9-14(11-15)18(19)16-3-2-4-17(22(25)26)21(16)24-20/h2-8,14-15,18-20,24H,9-11H2,1H3,(H,25,26)/p-1/t14-,15-,18+,19-,20-/m0/s1. The molecule has 1 heterocycles. The number of carboxylic acid groups (broad SMARTS) is 1. The second kappa shape index (κ2) is 6.36. The Morgan fingerprint density at radius 3 is 2.54 bits per heavy atom. The predicted octanol–water partition coefficient (Wildman–Crippen LogP) is 3.13. The molecule has 5 nitrogen and oxygen atoms in total. The minimum absolute atomic E-state index is 0.0278. The molecule has 0 spiro atoms. The zero-order valence-electron chi connectivity index (χ0n) is 15.7. The molecule has 0 unspecified atom stereocenters. The van der Waals surface area contributed by atoms with Crippen LogP contribution in [0.25, 0.3) is 0 Å². The van der Waals surface area contributed by atoms with Crippen molar-refractivity contribution in [1.82, 2.24) is 0 Å². The van der Waals surface area contributed by atoms with Crippen molar-refractivity contribution in [2.24, 2.45) is 17.8 Å². The van der Waals surface area contributed by atoms with Gasteiger partial charge in [-0.2, -0.15) is 0 Å². The highest BCUT2D eigenvalue weighted by Gasteiger charge is 2.54. The van der Waals surface area contributed by atoms with Crippen LogP contribution < -0.4 is 10.4 Å². The van der Waals surface area contributed by atoms with Crippen LogP contribution in [0.15, 0.2) is 42.5 Å². The molecule has 0 amide bonds. The maximum atomic E-state index is 11.8. The fourth-order valence-corrected chi connectivity index (χ4v) is 5.96. The number of rotatable bonds is 3. The molecular weight excluding hydrogens is 354 g/mol. The minimum Gasteiger partial charge on any atom is -0.545 e. The van der Waals surface area contributed by atoms with Crippen molar-refractivity contribution in [1.29, 1.82) is 0 Å². The van der Waals surface area contributed by atoms with E-state index in [4.69, 9.17) is 4.74 Å². The molecule has 3 aliphatic rings. The van der Waals surface area contributed by atoms with E-state index >= 15 is 0 Å². The van der Waals surface area contributed by atoms with Gasteiger partial charge in [0.25, 0.3) is 0 Å². The average Bonchev–Trinajstić information content (AvgIpc) is 3.35. The Balaban J connectivity index is 1.59. The normalized spacial score (nSPS) is 29.5. The number of carbonyl (C=O) groups is 2. The summed E-state index contributed by atoms with van der Waals surface area (Å²) in [5.41, 5.74) is 3.66. The first kappa shape index (κ1) is 17.3. The van der Waals surface area contributed by atoms with Crippen molar-refractivity contribution in [2.75, 3.05) is 12.4 Å². The van der Waals surface area contributed by atoms with Crippen molar-refractivity contribution >= 4 is 17.6 Å². The lowest BCUT2D eigenvalue weighted by Gasteiger charge is -2.44. The molecule has 2 aliphatic carbocycles. The van der Waals surface area contributed by atoms with Gasteiger partial charge in [0, 0.05) is 11.3 Å². The van der Waals surface area contributed by atoms with Crippen LogP contribution in [0.4, 0.5) is 5.69 Å². The van der Waals surface area contributed by atoms with Crippen LogP contribution in [0.1, 0.15) is 63.1 Å². The molecule has 5 rings (SSSR count). The molecule has 2 saturated carbocycles. The molecule has 2 aromatic rings. The molecule has 0 radical (unpaired) electrons. The molecule has 2 fully saturated rings. The van der Waals surface area contributed by atoms with Gasteiger partial charge >= 0.3 is 5.97 Å². The van der Waals surface area contributed by atoms with E-state index in [0.29, 0.717) is 34.9 Å². The number of benzene rings is 2. The van der Waals surface area contributed by atoms with E-state index in [0.717, 1.165) is 11.1 Å². The first-order chi connectivity index (χ1) is 13.6. The van der Waals surface area contributed by atoms with Crippen LogP contribution in [0.5, 0.6) is 0 Å². The molecule has 1 aliphatic heterocycles. The highest BCUT2D eigenvalue weighted by atomic mass is 16.5. The van der Waals surface area contributed by atoms with Gasteiger partial charge in [0.15, 0.2) is 0 Å². The van der Waals surface area contributed by atoms with E-state index in [-0.39, 0.29) is 17.6 Å². The third-order valence-electron chi connectivity index (χ3n) is 7.03. The molecule has 144 valence electrons. The number of nitrogens with one attached hydrogen (secondary N) is 1. The first-order valence-electron chi connectivity index (χ1n) is 9.87. The van der Waals surface area contributed by atoms with Gasteiger partial charge in [0.1, 0.15) is 0 Å². The van der Waals surface area contributed by atoms with Gasteiger partial charge in [0.05, 0.1) is 24.7 Å². The number of para-hydroxylation sites is 1. The highest BCUT2D eigenvalue weighted by Crippen LogP contribution is 2.63. The maximum Gasteiger partial charge on any atom is 0.337 e. The Labute approximate surface area is 163 Å². The van der Waals surface area contributed by atoms with Gasteiger partial charge in [-0.25, -0.2) is 4.79 Å². The summed E-state index contributed by atoms with van der Waals surface area (Å²) in [6.45, 7) is 0. The van der Waals surface area contributed by atoms with Crippen molar-refractivity contribution in [3.8, 4) is 0 Å². The molecule has 2 aromatic carbocycles. The summed E-state index contributed by atoms with van der Waals surface area (Å²) in [5.74, 6) is 0.570. The molecule has 28 heavy (non-hydrogen) atoms. The minimum atomic E-state index is -1.15. The number of carbonyl (C=O) groups excluding carboxylic acids is 2. The molecule has 2 bridgehead atoms. The second-order valence-electron chi connectivity index (χ2n) is 8.23. The highest BCUT2D eigenvalue weighted by molar-refractivity contribution is 5.94. The van der Waals surface area contributed by atoms with Crippen LogP contribution in [0.2, 0.25) is 0 Å². The van der Waals surface area contributed by atoms with Crippen LogP contribution >= 0.6 is 0 Å². The average molecular weight is 376 g/mol. The number of fused-ring (bicyclic) bond motifs is 7. The second-order valence-corrected chi connectivity index (χ2v) is 8.23. The van der Waals surface area contributed by atoms with Gasteiger partial charge in [-0.1, -0.05) is 30.3 Å². The molecule has 1 N–H and O–H groups in total. The van der Waals surface area contributed by atoms with E-state index < -0.39 is 5.97 Å².